The van der Waals surface area contributed by atoms with Crippen molar-refractivity contribution >= 4 is 8.96 Å². The largest absolute Gasteiger partial charge is 0.353 e. The minimum atomic E-state index is -0.681. The van der Waals surface area contributed by atoms with Crippen molar-refractivity contribution in [3.8, 4) is 0 Å². The smallest absolute Gasteiger partial charge is 0.105 e. The molecule has 3 nitrogen and oxygen atoms in total. The lowest BCUT2D eigenvalue weighted by Gasteiger charge is -2.11. The fraction of sp³-hybridized carbons (Fsp3) is 1.00. The van der Waals surface area contributed by atoms with Crippen LogP contribution in [0.5, 0.6) is 0 Å². The Balaban J connectivity index is 0.000000223. The van der Waals surface area contributed by atoms with Gasteiger partial charge in [0.1, 0.15) is 8.96 Å². The number of rotatable bonds is 3. The van der Waals surface area contributed by atoms with E-state index in [0.29, 0.717) is 0 Å². The summed E-state index contributed by atoms with van der Waals surface area (Å²) in [6.07, 6.45) is 1.28. The van der Waals surface area contributed by atoms with Gasteiger partial charge in [0.25, 0.3) is 0 Å². The van der Waals surface area contributed by atoms with Gasteiger partial charge in [-0.25, -0.2) is 0 Å². The molecule has 0 aromatic heterocycles. The van der Waals surface area contributed by atoms with Crippen LogP contribution in [0.15, 0.2) is 0 Å². The predicted octanol–water partition coefficient (Wildman–Crippen LogP) is 0.278. The first-order valence-corrected chi connectivity index (χ1v) is 7.78. The van der Waals surface area contributed by atoms with Crippen LogP contribution in [0.25, 0.3) is 0 Å². The van der Waals surface area contributed by atoms with Crippen molar-refractivity contribution in [2.75, 3.05) is 26.2 Å². The fourth-order valence-corrected chi connectivity index (χ4v) is 2.33. The van der Waals surface area contributed by atoms with E-state index in [-0.39, 0.29) is 0 Å². The van der Waals surface area contributed by atoms with E-state index in [1.165, 1.54) is 18.5 Å². The van der Waals surface area contributed by atoms with Crippen molar-refractivity contribution in [3.05, 3.63) is 0 Å². The van der Waals surface area contributed by atoms with Crippen molar-refractivity contribution in [2.24, 2.45) is 5.40 Å². The van der Waals surface area contributed by atoms with Crippen LogP contribution in [0.3, 0.4) is 0 Å². The number of piperazine rings is 1. The zero-order valence-electron chi connectivity index (χ0n) is 9.10. The van der Waals surface area contributed by atoms with E-state index in [2.05, 4.69) is 24.5 Å². The van der Waals surface area contributed by atoms with Gasteiger partial charge in [-0.15, -0.1) is 0 Å². The number of hydrogen-bond acceptors (Lipinski definition) is 3. The zero-order chi connectivity index (χ0) is 9.94. The van der Waals surface area contributed by atoms with Crippen LogP contribution in [-0.2, 0) is 0 Å². The van der Waals surface area contributed by atoms with E-state index >= 15 is 0 Å². The lowest BCUT2D eigenvalue weighted by molar-refractivity contribution is 0.534. The molecule has 0 saturated carbocycles. The van der Waals surface area contributed by atoms with E-state index < -0.39 is 8.96 Å². The Hall–Kier alpha value is 0.0969. The van der Waals surface area contributed by atoms with Gasteiger partial charge in [0, 0.05) is 26.2 Å². The summed E-state index contributed by atoms with van der Waals surface area (Å²) >= 11 is 0. The van der Waals surface area contributed by atoms with Crippen molar-refractivity contribution < 1.29 is 0 Å². The first kappa shape index (κ1) is 13.1. The van der Waals surface area contributed by atoms with Crippen molar-refractivity contribution in [3.63, 3.8) is 0 Å². The van der Waals surface area contributed by atoms with Crippen LogP contribution in [-0.4, -0.2) is 35.1 Å². The van der Waals surface area contributed by atoms with Gasteiger partial charge in [0.15, 0.2) is 0 Å². The molecule has 1 heterocycles. The second-order valence-electron chi connectivity index (χ2n) is 3.46. The maximum absolute atomic E-state index is 5.72. The van der Waals surface area contributed by atoms with E-state index in [1.807, 2.05) is 0 Å². The Morgan fingerprint density at radius 1 is 1.08 bits per heavy atom. The van der Waals surface area contributed by atoms with Crippen LogP contribution < -0.4 is 16.0 Å². The Morgan fingerprint density at radius 2 is 1.54 bits per heavy atom. The molecule has 0 bridgehead atoms. The number of nitrogens with two attached hydrogens (primary N) is 1. The molecule has 80 valence electrons. The van der Waals surface area contributed by atoms with E-state index in [9.17, 15) is 0 Å². The Bertz CT molecular complexity index is 85.4. The van der Waals surface area contributed by atoms with Crippen LogP contribution in [0.4, 0.5) is 0 Å². The lowest BCUT2D eigenvalue weighted by Crippen LogP contribution is -2.39. The summed E-state index contributed by atoms with van der Waals surface area (Å²) in [5, 5.41) is 12.2. The molecular weight excluding hydrogens is 178 g/mol. The Kier molecular flexibility index (Phi) is 10.3. The Morgan fingerprint density at radius 3 is 1.69 bits per heavy atom. The quantitative estimate of drug-likeness (QED) is 0.578. The molecule has 1 aliphatic rings. The van der Waals surface area contributed by atoms with Crippen LogP contribution in [0.2, 0.25) is 12.1 Å². The van der Waals surface area contributed by atoms with Crippen LogP contribution in [0, 0.1) is 0 Å². The molecule has 0 aromatic rings. The molecule has 1 fully saturated rings. The molecule has 13 heavy (non-hydrogen) atoms. The average molecular weight is 203 g/mol. The van der Waals surface area contributed by atoms with E-state index in [4.69, 9.17) is 5.40 Å². The molecule has 4 heteroatoms. The standard InChI is InChI=1S/C5H15NSi.C4H10N2/c1-3-5-7(6)4-2;1-2-6-4-3-5-1/h7H,3-6H2,1-2H3;5-6H,1-4H2. The molecule has 1 saturated heterocycles. The van der Waals surface area contributed by atoms with Gasteiger partial charge in [0.2, 0.25) is 0 Å². The molecule has 0 aliphatic carbocycles. The van der Waals surface area contributed by atoms with Crippen molar-refractivity contribution in [2.45, 2.75) is 32.4 Å². The third-order valence-corrected chi connectivity index (χ3v) is 4.51. The molecule has 0 radical (unpaired) electrons. The second kappa shape index (κ2) is 10.2. The highest BCUT2D eigenvalue weighted by Crippen LogP contribution is 1.93. The predicted molar refractivity (Wildman–Crippen MR) is 62.7 cm³/mol. The van der Waals surface area contributed by atoms with Gasteiger partial charge in [-0.05, 0) is 6.04 Å². The fourth-order valence-electron chi connectivity index (χ4n) is 1.18. The SMILES string of the molecule is C1CNCCN1.CCC[SiH](N)CC. The first-order chi connectivity index (χ1) is 6.31. The molecule has 4 N–H and O–H groups in total. The maximum Gasteiger partial charge on any atom is 0.105 e. The molecule has 0 amide bonds. The normalized spacial score (nSPS) is 18.7. The van der Waals surface area contributed by atoms with Crippen molar-refractivity contribution in [1.29, 1.82) is 0 Å². The van der Waals surface area contributed by atoms with Crippen molar-refractivity contribution in [1.82, 2.24) is 10.6 Å². The monoisotopic (exact) mass is 203 g/mol. The number of hydrogen-bond donors (Lipinski definition) is 3. The minimum absolute atomic E-state index is 0.681. The second-order valence-corrected chi connectivity index (χ2v) is 6.37. The third kappa shape index (κ3) is 10.0. The summed E-state index contributed by atoms with van der Waals surface area (Å²) in [5.41, 5.74) is 0. The summed E-state index contributed by atoms with van der Waals surface area (Å²) in [7, 11) is -0.681. The van der Waals surface area contributed by atoms with Gasteiger partial charge < -0.3 is 16.0 Å². The zero-order valence-corrected chi connectivity index (χ0v) is 10.3. The summed E-state index contributed by atoms with van der Waals surface area (Å²) in [6, 6.07) is 2.57. The maximum atomic E-state index is 5.72. The van der Waals surface area contributed by atoms with E-state index in [0.717, 1.165) is 26.2 Å². The minimum Gasteiger partial charge on any atom is -0.353 e. The number of nitrogens with one attached hydrogen (secondary N) is 2. The van der Waals surface area contributed by atoms with Gasteiger partial charge in [0.05, 0.1) is 0 Å². The highest BCUT2D eigenvalue weighted by atomic mass is 28.3. The molecular formula is C9H25N3Si. The average Bonchev–Trinajstić information content (AvgIpc) is 2.22. The Labute approximate surface area is 84.2 Å². The molecule has 1 rings (SSSR count). The topological polar surface area (TPSA) is 50.1 Å². The van der Waals surface area contributed by atoms with Gasteiger partial charge >= 0.3 is 0 Å². The first-order valence-electron chi connectivity index (χ1n) is 5.48. The van der Waals surface area contributed by atoms with Crippen LogP contribution >= 0.6 is 0 Å². The van der Waals surface area contributed by atoms with Gasteiger partial charge in [-0.2, -0.15) is 0 Å². The molecule has 1 unspecified atom stereocenters. The summed E-state index contributed by atoms with van der Waals surface area (Å²) in [5.74, 6) is 0. The van der Waals surface area contributed by atoms with E-state index in [1.54, 1.807) is 0 Å². The molecule has 1 aliphatic heterocycles. The summed E-state index contributed by atoms with van der Waals surface area (Å²) in [6.45, 7) is 8.94. The highest BCUT2D eigenvalue weighted by Gasteiger charge is 1.95. The summed E-state index contributed by atoms with van der Waals surface area (Å²) < 4.78 is 0. The highest BCUT2D eigenvalue weighted by molar-refractivity contribution is 6.54. The van der Waals surface area contributed by atoms with Crippen LogP contribution in [0.1, 0.15) is 20.3 Å². The van der Waals surface area contributed by atoms with Gasteiger partial charge in [-0.3, -0.25) is 0 Å². The third-order valence-electron chi connectivity index (χ3n) is 2.14. The molecule has 1 atom stereocenters. The van der Waals surface area contributed by atoms with Gasteiger partial charge in [-0.1, -0.05) is 26.3 Å². The lowest BCUT2D eigenvalue weighted by atomic mass is 10.4. The molecule has 0 aromatic carbocycles. The molecule has 0 spiro atoms. The summed E-state index contributed by atoms with van der Waals surface area (Å²) in [4.78, 5) is 0.